The van der Waals surface area contributed by atoms with Crippen LogP contribution >= 0.6 is 0 Å². The number of aromatic hydroxyl groups is 1. The number of halogens is 3. The third kappa shape index (κ3) is 4.34. The lowest BCUT2D eigenvalue weighted by Gasteiger charge is -2.52. The molecule has 222 valence electrons. The summed E-state index contributed by atoms with van der Waals surface area (Å²) in [6.45, 7) is 2.40. The number of aliphatic hydroxyl groups is 1. The average Bonchev–Trinajstić information content (AvgIpc) is 3.41. The summed E-state index contributed by atoms with van der Waals surface area (Å²) in [6.07, 6.45) is -4.65. The number of hydrogen-bond acceptors (Lipinski definition) is 10. The number of ketones is 4. The highest BCUT2D eigenvalue weighted by Crippen LogP contribution is 2.53. The van der Waals surface area contributed by atoms with Gasteiger partial charge in [-0.25, -0.2) is 0 Å². The summed E-state index contributed by atoms with van der Waals surface area (Å²) in [5.41, 5.74) is 1.61. The van der Waals surface area contributed by atoms with E-state index < -0.39 is 93.8 Å². The molecule has 1 aromatic rings. The van der Waals surface area contributed by atoms with Gasteiger partial charge in [-0.1, -0.05) is 6.92 Å². The van der Waals surface area contributed by atoms with Gasteiger partial charge in [0.15, 0.2) is 34.7 Å². The second kappa shape index (κ2) is 9.88. The molecule has 5 N–H and O–H groups in total. The van der Waals surface area contributed by atoms with Crippen molar-refractivity contribution in [1.82, 2.24) is 10.2 Å². The van der Waals surface area contributed by atoms with Crippen molar-refractivity contribution < 1.29 is 52.1 Å². The van der Waals surface area contributed by atoms with Crippen LogP contribution in [0.4, 0.5) is 13.2 Å². The summed E-state index contributed by atoms with van der Waals surface area (Å²) in [4.78, 5) is 67.9. The third-order valence-corrected chi connectivity index (χ3v) is 9.11. The molecule has 2 saturated carbocycles. The van der Waals surface area contributed by atoms with E-state index in [0.717, 1.165) is 6.07 Å². The molecule has 1 saturated heterocycles. The Morgan fingerprint density at radius 2 is 1.93 bits per heavy atom. The molecule has 7 atom stereocenters. The predicted octanol–water partition coefficient (Wildman–Crippen LogP) is 0.580. The minimum Gasteiger partial charge on any atom is -0.507 e. The first-order valence-electron chi connectivity index (χ1n) is 13.4. The number of phenols is 1. The molecule has 14 heteroatoms. The number of nitrogens with zero attached hydrogens (tertiary/aromatic N) is 1. The van der Waals surface area contributed by atoms with Crippen LogP contribution in [-0.2, 0) is 25.6 Å². The van der Waals surface area contributed by atoms with E-state index in [-0.39, 0.29) is 30.5 Å². The Bertz CT molecular complexity index is 1360. The molecule has 0 spiro atoms. The topological polar surface area (TPSA) is 176 Å². The summed E-state index contributed by atoms with van der Waals surface area (Å²) in [6, 6.07) is -0.891. The molecule has 4 aliphatic rings. The number of Topliss-reactive ketones (excluding diaryl/α,β-unsaturated/α-hetero) is 4. The molecule has 0 bridgehead atoms. The Kier molecular flexibility index (Phi) is 7.02. The smallest absolute Gasteiger partial charge is 0.507 e. The van der Waals surface area contributed by atoms with Crippen molar-refractivity contribution in [2.45, 2.75) is 56.7 Å². The number of ether oxygens (including phenoxy) is 1. The number of fused-ring (bicyclic) bond motifs is 3. The zero-order chi connectivity index (χ0) is 30.2. The number of nitrogens with two attached hydrogens (primary N) is 1. The molecule has 1 aromatic carbocycles. The van der Waals surface area contributed by atoms with Gasteiger partial charge in [-0.05, 0) is 57.8 Å². The highest BCUT2D eigenvalue weighted by Gasteiger charge is 2.69. The van der Waals surface area contributed by atoms with E-state index in [1.54, 1.807) is 6.92 Å². The number of carbonyl (C=O) groups is 5. The fraction of sp³-hybridized carbons (Fsp3) is 0.593. The predicted molar refractivity (Wildman–Crippen MR) is 133 cm³/mol. The normalized spacial score (nSPS) is 33.4. The second-order valence-electron chi connectivity index (χ2n) is 11.3. The van der Waals surface area contributed by atoms with Crippen molar-refractivity contribution in [3.63, 3.8) is 0 Å². The third-order valence-electron chi connectivity index (χ3n) is 9.11. The lowest BCUT2D eigenvalue weighted by Crippen LogP contribution is -2.74. The Labute approximate surface area is 232 Å². The summed E-state index contributed by atoms with van der Waals surface area (Å²) in [5.74, 6) is -13.6. The molecule has 41 heavy (non-hydrogen) atoms. The number of nitrogens with one attached hydrogen (secondary N) is 1. The van der Waals surface area contributed by atoms with Gasteiger partial charge in [-0.3, -0.25) is 28.9 Å². The van der Waals surface area contributed by atoms with Gasteiger partial charge in [0.1, 0.15) is 11.5 Å². The van der Waals surface area contributed by atoms with E-state index in [0.29, 0.717) is 19.4 Å². The van der Waals surface area contributed by atoms with E-state index in [1.165, 1.54) is 11.9 Å². The van der Waals surface area contributed by atoms with Crippen molar-refractivity contribution >= 4 is 29.0 Å². The highest BCUT2D eigenvalue weighted by atomic mass is 19.4. The molecular formula is C27H30F3N3O8. The number of alkyl halides is 3. The van der Waals surface area contributed by atoms with Crippen LogP contribution in [0.5, 0.6) is 11.5 Å². The van der Waals surface area contributed by atoms with E-state index >= 15 is 0 Å². The van der Waals surface area contributed by atoms with Crippen molar-refractivity contribution in [2.24, 2.45) is 29.4 Å². The number of phenolic OH excluding ortho intramolecular Hbond substituents is 1. The van der Waals surface area contributed by atoms with Gasteiger partial charge >= 0.3 is 6.36 Å². The lowest BCUT2D eigenvalue weighted by atomic mass is 9.52. The maximum absolute atomic E-state index is 13.9. The Hall–Kier alpha value is -3.36. The number of amides is 1. The lowest BCUT2D eigenvalue weighted by molar-refractivity contribution is -0.275. The van der Waals surface area contributed by atoms with Crippen molar-refractivity contribution in [3.05, 3.63) is 22.8 Å². The number of rotatable bonds is 5. The van der Waals surface area contributed by atoms with Crippen molar-refractivity contribution in [2.75, 3.05) is 20.1 Å². The maximum Gasteiger partial charge on any atom is 0.573 e. The number of hydrogen-bond donors (Lipinski definition) is 4. The standard InChI is InChI=1S/C27H30F3N3O8/c1-3-33(2)19-13-8-10-7-12-17(15(34)9-11(14-5-4-6-32-14)22(12)41-27(28,29)30)20(35)16(10)23(37)26(13,40)24(38)18(21(19)36)25(31)39/h9-10,13-14,16,18-19,32,34,40H,3-8H2,1-2H3,(H2,31,39). The number of benzene rings is 1. The van der Waals surface area contributed by atoms with Gasteiger partial charge in [0.2, 0.25) is 5.91 Å². The molecule has 3 fully saturated rings. The molecule has 11 nitrogen and oxygen atoms in total. The van der Waals surface area contributed by atoms with Crippen LogP contribution in [0.25, 0.3) is 0 Å². The maximum atomic E-state index is 13.9. The van der Waals surface area contributed by atoms with Crippen molar-refractivity contribution in [3.8, 4) is 11.5 Å². The summed E-state index contributed by atoms with van der Waals surface area (Å²) >= 11 is 0. The minimum atomic E-state index is -5.14. The van der Waals surface area contributed by atoms with Crippen LogP contribution in [0.3, 0.4) is 0 Å². The van der Waals surface area contributed by atoms with E-state index in [9.17, 15) is 47.4 Å². The first kappa shape index (κ1) is 29.1. The van der Waals surface area contributed by atoms with Gasteiger partial charge in [-0.2, -0.15) is 0 Å². The highest BCUT2D eigenvalue weighted by molar-refractivity contribution is 6.32. The quantitative estimate of drug-likeness (QED) is 0.360. The van der Waals surface area contributed by atoms with Crippen molar-refractivity contribution in [1.29, 1.82) is 0 Å². The minimum absolute atomic E-state index is 0.0110. The Balaban J connectivity index is 1.67. The monoisotopic (exact) mass is 581 g/mol. The summed E-state index contributed by atoms with van der Waals surface area (Å²) in [5, 5.41) is 25.6. The van der Waals surface area contributed by atoms with Crippen LogP contribution in [0.15, 0.2) is 6.07 Å². The number of primary amides is 1. The van der Waals surface area contributed by atoms with E-state index in [2.05, 4.69) is 10.1 Å². The molecule has 7 unspecified atom stereocenters. The zero-order valence-corrected chi connectivity index (χ0v) is 22.3. The van der Waals surface area contributed by atoms with Crippen LogP contribution < -0.4 is 15.8 Å². The van der Waals surface area contributed by atoms with Gasteiger partial charge in [0.05, 0.1) is 17.5 Å². The Morgan fingerprint density at radius 3 is 2.49 bits per heavy atom. The molecule has 0 aromatic heterocycles. The Morgan fingerprint density at radius 1 is 1.24 bits per heavy atom. The number of likely N-dealkylation sites (N-methyl/N-ethyl adjacent to an activating group) is 1. The molecule has 1 aliphatic heterocycles. The summed E-state index contributed by atoms with van der Waals surface area (Å²) < 4.78 is 45.3. The molecule has 0 radical (unpaired) electrons. The van der Waals surface area contributed by atoms with Gasteiger partial charge in [-0.15, -0.1) is 13.2 Å². The van der Waals surface area contributed by atoms with Crippen LogP contribution in [0.2, 0.25) is 0 Å². The van der Waals surface area contributed by atoms with Crippen LogP contribution in [-0.4, -0.2) is 82.3 Å². The molecule has 1 amide bonds. The van der Waals surface area contributed by atoms with E-state index in [4.69, 9.17) is 5.73 Å². The summed E-state index contributed by atoms with van der Waals surface area (Å²) in [7, 11) is 1.49. The second-order valence-corrected chi connectivity index (χ2v) is 11.3. The molecule has 3 aliphatic carbocycles. The fourth-order valence-electron chi connectivity index (χ4n) is 7.23. The van der Waals surface area contributed by atoms with Crippen LogP contribution in [0, 0.1) is 23.7 Å². The average molecular weight is 582 g/mol. The number of carbonyl (C=O) groups excluding carboxylic acids is 5. The fourth-order valence-corrected chi connectivity index (χ4v) is 7.23. The molecular weight excluding hydrogens is 551 g/mol. The van der Waals surface area contributed by atoms with Crippen LogP contribution in [0.1, 0.15) is 53.7 Å². The SMILES string of the molecule is CCN(C)C1C(=O)C(C(N)=O)C(=O)C2(O)C(=O)C3C(=O)c4c(O)cc(C5CCCN5)c(OC(F)(F)F)c4CC3CC12. The molecule has 1 heterocycles. The first-order chi connectivity index (χ1) is 19.1. The van der Waals surface area contributed by atoms with Gasteiger partial charge < -0.3 is 26.0 Å². The molecule has 5 rings (SSSR count). The van der Waals surface area contributed by atoms with Gasteiger partial charge in [0, 0.05) is 23.1 Å². The largest absolute Gasteiger partial charge is 0.573 e. The van der Waals surface area contributed by atoms with Gasteiger partial charge in [0.25, 0.3) is 0 Å². The van der Waals surface area contributed by atoms with E-state index in [1.807, 2.05) is 0 Å². The first-order valence-corrected chi connectivity index (χ1v) is 13.4. The zero-order valence-electron chi connectivity index (χ0n) is 22.3.